The van der Waals surface area contributed by atoms with E-state index in [4.69, 9.17) is 4.74 Å². The Balaban J connectivity index is 1.70. The number of rotatable bonds is 3. The van der Waals surface area contributed by atoms with Gasteiger partial charge in [-0.1, -0.05) is 6.07 Å². The number of aromatic nitrogens is 1. The van der Waals surface area contributed by atoms with Crippen LogP contribution in [0.25, 0.3) is 0 Å². The minimum Gasteiger partial charge on any atom is -0.374 e. The normalized spacial score (nSPS) is 28.0. The number of amides is 1. The molecule has 0 bridgehead atoms. The third-order valence-corrected chi connectivity index (χ3v) is 5.71. The van der Waals surface area contributed by atoms with Gasteiger partial charge in [-0.2, -0.15) is 20.5 Å². The third-order valence-electron chi connectivity index (χ3n) is 4.49. The summed E-state index contributed by atoms with van der Waals surface area (Å²) in [6, 6.07) is 2.83. The van der Waals surface area contributed by atoms with Gasteiger partial charge in [0.25, 0.3) is 5.91 Å². The van der Waals surface area contributed by atoms with Crippen molar-refractivity contribution in [1.29, 1.82) is 0 Å². The lowest BCUT2D eigenvalue weighted by atomic mass is 9.89. The van der Waals surface area contributed by atoms with Crippen molar-refractivity contribution in [3.8, 4) is 0 Å². The van der Waals surface area contributed by atoms with Gasteiger partial charge in [0, 0.05) is 24.6 Å². The maximum absolute atomic E-state index is 14.4. The van der Waals surface area contributed by atoms with Crippen LogP contribution in [0.5, 0.6) is 0 Å². The van der Waals surface area contributed by atoms with E-state index in [-0.39, 0.29) is 11.6 Å². The first-order valence-corrected chi connectivity index (χ1v) is 8.91. The van der Waals surface area contributed by atoms with Gasteiger partial charge in [-0.15, -0.1) is 0 Å². The lowest BCUT2D eigenvalue weighted by Gasteiger charge is -2.38. The smallest absolute Gasteiger partial charge is 0.366 e. The van der Waals surface area contributed by atoms with E-state index in [1.807, 2.05) is 11.8 Å². The molecule has 1 amide bonds. The molecule has 23 heavy (non-hydrogen) atoms. The van der Waals surface area contributed by atoms with Gasteiger partial charge in [0.1, 0.15) is 5.69 Å². The summed E-state index contributed by atoms with van der Waals surface area (Å²) in [4.78, 5) is 15.8. The molecule has 2 aliphatic heterocycles. The molecular weight excluding hydrogens is 322 g/mol. The molecule has 1 N–H and O–H groups in total. The monoisotopic (exact) mass is 342 g/mol. The second-order valence-corrected chi connectivity index (χ2v) is 7.35. The summed E-state index contributed by atoms with van der Waals surface area (Å²) < 4.78 is 34.7. The molecule has 1 aromatic rings. The van der Waals surface area contributed by atoms with Gasteiger partial charge in [-0.05, 0) is 43.6 Å². The molecule has 0 aromatic carbocycles. The molecule has 2 fully saturated rings. The van der Waals surface area contributed by atoms with E-state index in [0.29, 0.717) is 25.0 Å². The molecule has 1 spiro atoms. The quantitative estimate of drug-likeness (QED) is 0.918. The predicted molar refractivity (Wildman–Crippen MR) is 84.7 cm³/mol. The number of hydrogen-bond acceptors (Lipinski definition) is 4. The summed E-state index contributed by atoms with van der Waals surface area (Å²) in [6.45, 7) is 2.03. The molecule has 4 nitrogen and oxygen atoms in total. The van der Waals surface area contributed by atoms with E-state index in [9.17, 15) is 13.6 Å². The van der Waals surface area contributed by atoms with Gasteiger partial charge >= 0.3 is 5.92 Å². The van der Waals surface area contributed by atoms with Gasteiger partial charge in [0.05, 0.1) is 5.60 Å². The highest BCUT2D eigenvalue weighted by Gasteiger charge is 2.46. The van der Waals surface area contributed by atoms with Crippen LogP contribution in [0.1, 0.15) is 30.5 Å². The largest absolute Gasteiger partial charge is 0.374 e. The summed E-state index contributed by atoms with van der Waals surface area (Å²) in [6.07, 6.45) is 3.36. The fraction of sp³-hybridized carbons (Fsp3) is 0.625. The Kier molecular flexibility index (Phi) is 4.60. The zero-order valence-electron chi connectivity index (χ0n) is 13.0. The second kappa shape index (κ2) is 6.36. The van der Waals surface area contributed by atoms with E-state index in [0.717, 1.165) is 17.9 Å². The highest BCUT2D eigenvalue weighted by atomic mass is 32.2. The average molecular weight is 342 g/mol. The first-order chi connectivity index (χ1) is 10.9. The van der Waals surface area contributed by atoms with Crippen LogP contribution in [0, 0.1) is 6.92 Å². The summed E-state index contributed by atoms with van der Waals surface area (Å²) in [5, 5.41) is 2.52. The van der Waals surface area contributed by atoms with Crippen LogP contribution >= 0.6 is 11.8 Å². The van der Waals surface area contributed by atoms with Gasteiger partial charge in [0.15, 0.2) is 0 Å². The summed E-state index contributed by atoms with van der Waals surface area (Å²) in [5.41, 5.74) is -0.421. The van der Waals surface area contributed by atoms with Crippen LogP contribution in [0.3, 0.4) is 0 Å². The minimum atomic E-state index is -3.62. The number of halogens is 2. The number of nitrogens with zero attached hydrogens (tertiary/aromatic N) is 1. The highest BCUT2D eigenvalue weighted by Crippen LogP contribution is 2.38. The Morgan fingerprint density at radius 2 is 2.39 bits per heavy atom. The number of nitrogens with one attached hydrogen (secondary N) is 1. The Morgan fingerprint density at radius 1 is 1.57 bits per heavy atom. The first kappa shape index (κ1) is 16.6. The zero-order chi connectivity index (χ0) is 16.5. The number of ether oxygens (including phenoxy) is 1. The first-order valence-electron chi connectivity index (χ1n) is 7.76. The van der Waals surface area contributed by atoms with Gasteiger partial charge in [-0.25, -0.2) is 0 Å². The van der Waals surface area contributed by atoms with E-state index in [2.05, 4.69) is 10.3 Å². The minimum absolute atomic E-state index is 0.253. The Morgan fingerprint density at radius 3 is 3.09 bits per heavy atom. The molecular formula is C16H20F2N2O2S. The van der Waals surface area contributed by atoms with Crippen molar-refractivity contribution in [2.75, 3.05) is 18.1 Å². The number of aryl methyl sites for hydroxylation is 1. The van der Waals surface area contributed by atoms with Gasteiger partial charge in [0.2, 0.25) is 0 Å². The molecule has 3 heterocycles. The number of alkyl halides is 2. The van der Waals surface area contributed by atoms with Crippen LogP contribution in [-0.4, -0.2) is 40.6 Å². The molecule has 2 saturated heterocycles. The Labute approximate surface area is 138 Å². The molecule has 126 valence electrons. The fourth-order valence-electron chi connectivity index (χ4n) is 3.21. The van der Waals surface area contributed by atoms with Crippen LogP contribution in [0.2, 0.25) is 0 Å². The Bertz CT molecular complexity index is 591. The van der Waals surface area contributed by atoms with Gasteiger partial charge in [-0.3, -0.25) is 9.78 Å². The van der Waals surface area contributed by atoms with Gasteiger partial charge < -0.3 is 10.1 Å². The number of carbonyl (C=O) groups is 1. The predicted octanol–water partition coefficient (Wildman–Crippen LogP) is 2.65. The molecule has 2 aliphatic rings. The van der Waals surface area contributed by atoms with E-state index in [1.54, 1.807) is 6.07 Å². The second-order valence-electron chi connectivity index (χ2n) is 6.24. The summed E-state index contributed by atoms with van der Waals surface area (Å²) in [7, 11) is 0. The maximum Gasteiger partial charge on any atom is 0.366 e. The Hall–Kier alpha value is -1.21. The SMILES string of the molecule is Cc1cccnc1C(F)(F)C(=O)N[C@H]1CCO[C@]2(CCSC2)C1. The van der Waals surface area contributed by atoms with Crippen molar-refractivity contribution in [2.45, 2.75) is 43.8 Å². The topological polar surface area (TPSA) is 51.2 Å². The van der Waals surface area contributed by atoms with Crippen molar-refractivity contribution in [2.24, 2.45) is 0 Å². The maximum atomic E-state index is 14.4. The van der Waals surface area contributed by atoms with E-state index >= 15 is 0 Å². The van der Waals surface area contributed by atoms with Crippen LogP contribution < -0.4 is 5.32 Å². The molecule has 2 atom stereocenters. The van der Waals surface area contributed by atoms with E-state index in [1.165, 1.54) is 19.2 Å². The number of pyridine rings is 1. The zero-order valence-corrected chi connectivity index (χ0v) is 13.8. The molecule has 3 rings (SSSR count). The summed E-state index contributed by atoms with van der Waals surface area (Å²) in [5.74, 6) is -3.01. The van der Waals surface area contributed by atoms with Crippen LogP contribution in [0.15, 0.2) is 18.3 Å². The number of carbonyl (C=O) groups excluding carboxylic acids is 1. The van der Waals surface area contributed by atoms with Crippen LogP contribution in [-0.2, 0) is 15.5 Å². The average Bonchev–Trinajstić information content (AvgIpc) is 2.95. The van der Waals surface area contributed by atoms with Crippen molar-refractivity contribution >= 4 is 17.7 Å². The van der Waals surface area contributed by atoms with Crippen molar-refractivity contribution in [3.05, 3.63) is 29.6 Å². The summed E-state index contributed by atoms with van der Waals surface area (Å²) >= 11 is 1.81. The lowest BCUT2D eigenvalue weighted by molar-refractivity contribution is -0.150. The lowest BCUT2D eigenvalue weighted by Crippen LogP contribution is -2.51. The number of hydrogen-bond donors (Lipinski definition) is 1. The molecule has 0 radical (unpaired) electrons. The number of thioether (sulfide) groups is 1. The van der Waals surface area contributed by atoms with Crippen LogP contribution in [0.4, 0.5) is 8.78 Å². The standard InChI is InChI=1S/C16H20F2N2O2S/c1-11-3-2-6-19-13(11)16(17,18)14(21)20-12-4-7-22-15(9-12)5-8-23-10-15/h2-3,6,12H,4-5,7-10H2,1H3,(H,20,21)/t12-,15+/m0/s1. The third kappa shape index (κ3) is 3.35. The molecule has 1 aromatic heterocycles. The van der Waals surface area contributed by atoms with E-state index < -0.39 is 17.5 Å². The molecule has 0 unspecified atom stereocenters. The van der Waals surface area contributed by atoms with Crippen molar-refractivity contribution < 1.29 is 18.3 Å². The highest BCUT2D eigenvalue weighted by molar-refractivity contribution is 7.99. The fourth-order valence-corrected chi connectivity index (χ4v) is 4.59. The molecule has 0 saturated carbocycles. The molecule has 0 aliphatic carbocycles. The van der Waals surface area contributed by atoms with Crippen molar-refractivity contribution in [1.82, 2.24) is 10.3 Å². The molecule has 7 heteroatoms. The van der Waals surface area contributed by atoms with Crippen molar-refractivity contribution in [3.63, 3.8) is 0 Å².